The maximum absolute atomic E-state index is 13.7. The van der Waals surface area contributed by atoms with Crippen LogP contribution in [0.4, 0.5) is 0 Å². The molecule has 1 N–H and O–H groups in total. The number of fused-ring (bicyclic) bond motifs is 1. The van der Waals surface area contributed by atoms with Crippen LogP contribution in [0.15, 0.2) is 71.6 Å². The summed E-state index contributed by atoms with van der Waals surface area (Å²) in [5.74, 6) is -0.205. The highest BCUT2D eigenvalue weighted by atomic mass is 32.2. The Kier molecular flexibility index (Phi) is 7.30. The molecule has 1 aliphatic rings. The third kappa shape index (κ3) is 5.30. The zero-order chi connectivity index (χ0) is 24.1. The van der Waals surface area contributed by atoms with E-state index in [-0.39, 0.29) is 23.3 Å². The van der Waals surface area contributed by atoms with Crippen LogP contribution in [0.5, 0.6) is 0 Å². The highest BCUT2D eigenvalue weighted by molar-refractivity contribution is 7.89. The SMILES string of the molecule is CCN(C(=O)C(Cc1ccc(C#N)cc1)NS(=O)(=O)c1ccc2ccccc2c1)C1CCCC1. The van der Waals surface area contributed by atoms with E-state index < -0.39 is 16.1 Å². The number of likely N-dealkylation sites (N-methyl/N-ethyl adjacent to an activating group) is 1. The largest absolute Gasteiger partial charge is 0.339 e. The fourth-order valence-electron chi connectivity index (χ4n) is 4.73. The van der Waals surface area contributed by atoms with Gasteiger partial charge in [-0.15, -0.1) is 0 Å². The van der Waals surface area contributed by atoms with E-state index in [9.17, 15) is 13.2 Å². The summed E-state index contributed by atoms with van der Waals surface area (Å²) in [6.45, 7) is 2.47. The van der Waals surface area contributed by atoms with E-state index in [1.54, 1.807) is 42.5 Å². The van der Waals surface area contributed by atoms with Gasteiger partial charge < -0.3 is 4.90 Å². The molecule has 0 bridgehead atoms. The molecule has 1 fully saturated rings. The molecule has 0 aromatic heterocycles. The Morgan fingerprint density at radius 2 is 1.74 bits per heavy atom. The second-order valence-corrected chi connectivity index (χ2v) is 10.5. The number of hydrogen-bond donors (Lipinski definition) is 1. The van der Waals surface area contributed by atoms with Crippen molar-refractivity contribution in [3.8, 4) is 6.07 Å². The molecule has 3 aromatic carbocycles. The normalized spacial score (nSPS) is 15.2. The first kappa shape index (κ1) is 23.9. The Bertz CT molecular complexity index is 1310. The van der Waals surface area contributed by atoms with Crippen molar-refractivity contribution in [1.82, 2.24) is 9.62 Å². The van der Waals surface area contributed by atoms with Gasteiger partial charge >= 0.3 is 0 Å². The molecule has 0 spiro atoms. The quantitative estimate of drug-likeness (QED) is 0.523. The van der Waals surface area contributed by atoms with Gasteiger partial charge in [0.25, 0.3) is 0 Å². The van der Waals surface area contributed by atoms with Crippen molar-refractivity contribution in [2.45, 2.75) is 56.0 Å². The van der Waals surface area contributed by atoms with Gasteiger partial charge in [-0.3, -0.25) is 4.79 Å². The van der Waals surface area contributed by atoms with Crippen LogP contribution in [0.25, 0.3) is 10.8 Å². The first-order chi connectivity index (χ1) is 16.4. The van der Waals surface area contributed by atoms with Gasteiger partial charge in [-0.2, -0.15) is 9.98 Å². The van der Waals surface area contributed by atoms with E-state index >= 15 is 0 Å². The Balaban J connectivity index is 1.65. The van der Waals surface area contributed by atoms with Gasteiger partial charge in [0.15, 0.2) is 0 Å². The minimum atomic E-state index is -3.94. The van der Waals surface area contributed by atoms with Gasteiger partial charge in [-0.1, -0.05) is 55.3 Å². The minimum absolute atomic E-state index is 0.132. The second kappa shape index (κ2) is 10.4. The van der Waals surface area contributed by atoms with Crippen LogP contribution in [0.2, 0.25) is 0 Å². The Labute approximate surface area is 201 Å². The first-order valence-electron chi connectivity index (χ1n) is 11.7. The standard InChI is InChI=1S/C27H29N3O3S/c1-2-30(24-9-5-6-10-24)27(31)26(17-20-11-13-21(19-28)14-12-20)29-34(32,33)25-16-15-22-7-3-4-8-23(22)18-25/h3-4,7-8,11-16,18,24,26,29H,2,5-6,9-10,17H2,1H3. The summed E-state index contributed by atoms with van der Waals surface area (Å²) < 4.78 is 29.5. The number of rotatable bonds is 8. The number of amides is 1. The van der Waals surface area contributed by atoms with Crippen molar-refractivity contribution in [2.24, 2.45) is 0 Å². The van der Waals surface area contributed by atoms with Crippen LogP contribution in [0.3, 0.4) is 0 Å². The number of nitrogens with zero attached hydrogens (tertiary/aromatic N) is 2. The second-order valence-electron chi connectivity index (χ2n) is 8.76. The highest BCUT2D eigenvalue weighted by Crippen LogP contribution is 2.25. The maximum atomic E-state index is 13.7. The van der Waals surface area contributed by atoms with E-state index in [4.69, 9.17) is 5.26 Å². The summed E-state index contributed by atoms with van der Waals surface area (Å²) in [6.07, 6.45) is 4.26. The number of nitriles is 1. The topological polar surface area (TPSA) is 90.3 Å². The Morgan fingerprint density at radius 1 is 1.06 bits per heavy atom. The summed E-state index contributed by atoms with van der Waals surface area (Å²) in [5, 5.41) is 10.8. The lowest BCUT2D eigenvalue weighted by Crippen LogP contribution is -2.52. The van der Waals surface area contributed by atoms with Crippen LogP contribution >= 0.6 is 0 Å². The number of carbonyl (C=O) groups is 1. The summed E-state index contributed by atoms with van der Waals surface area (Å²) in [4.78, 5) is 15.6. The summed E-state index contributed by atoms with van der Waals surface area (Å²) >= 11 is 0. The number of benzene rings is 3. The smallest absolute Gasteiger partial charge is 0.241 e. The molecule has 1 atom stereocenters. The number of nitrogens with one attached hydrogen (secondary N) is 1. The van der Waals surface area contributed by atoms with E-state index in [1.165, 1.54) is 0 Å². The molecule has 7 heteroatoms. The highest BCUT2D eigenvalue weighted by Gasteiger charge is 2.33. The van der Waals surface area contributed by atoms with Gasteiger partial charge in [-0.25, -0.2) is 8.42 Å². The van der Waals surface area contributed by atoms with Crippen molar-refractivity contribution in [2.75, 3.05) is 6.54 Å². The monoisotopic (exact) mass is 475 g/mol. The van der Waals surface area contributed by atoms with Crippen molar-refractivity contribution >= 4 is 26.7 Å². The van der Waals surface area contributed by atoms with Gasteiger partial charge in [-0.05, 0) is 66.8 Å². The molecule has 34 heavy (non-hydrogen) atoms. The van der Waals surface area contributed by atoms with Crippen LogP contribution in [-0.2, 0) is 21.2 Å². The van der Waals surface area contributed by atoms with Gasteiger partial charge in [0.1, 0.15) is 6.04 Å². The molecule has 176 valence electrons. The minimum Gasteiger partial charge on any atom is -0.339 e. The molecule has 0 radical (unpaired) electrons. The molecule has 1 unspecified atom stereocenters. The lowest BCUT2D eigenvalue weighted by atomic mass is 10.0. The zero-order valence-electron chi connectivity index (χ0n) is 19.3. The van der Waals surface area contributed by atoms with Crippen molar-refractivity contribution < 1.29 is 13.2 Å². The fourth-order valence-corrected chi connectivity index (χ4v) is 5.95. The average molecular weight is 476 g/mol. The zero-order valence-corrected chi connectivity index (χ0v) is 20.1. The molecule has 3 aromatic rings. The predicted octanol–water partition coefficient (Wildman–Crippen LogP) is 4.39. The third-order valence-electron chi connectivity index (χ3n) is 6.54. The molecular formula is C27H29N3O3S. The first-order valence-corrected chi connectivity index (χ1v) is 13.2. The van der Waals surface area contributed by atoms with Crippen molar-refractivity contribution in [3.63, 3.8) is 0 Å². The van der Waals surface area contributed by atoms with Crippen LogP contribution in [0, 0.1) is 11.3 Å². The molecule has 0 heterocycles. The van der Waals surface area contributed by atoms with E-state index in [0.29, 0.717) is 12.1 Å². The van der Waals surface area contributed by atoms with Crippen molar-refractivity contribution in [1.29, 1.82) is 5.26 Å². The lowest BCUT2D eigenvalue weighted by Gasteiger charge is -2.31. The number of sulfonamides is 1. The Morgan fingerprint density at radius 3 is 2.38 bits per heavy atom. The van der Waals surface area contributed by atoms with Crippen LogP contribution in [-0.4, -0.2) is 37.9 Å². The lowest BCUT2D eigenvalue weighted by molar-refractivity contribution is -0.135. The average Bonchev–Trinajstić information content (AvgIpc) is 3.38. The van der Waals surface area contributed by atoms with Gasteiger partial charge in [0.2, 0.25) is 15.9 Å². The molecule has 1 aliphatic carbocycles. The van der Waals surface area contributed by atoms with Gasteiger partial charge in [0, 0.05) is 12.6 Å². The Hall–Kier alpha value is -3.21. The van der Waals surface area contributed by atoms with Crippen LogP contribution in [0.1, 0.15) is 43.7 Å². The van der Waals surface area contributed by atoms with Gasteiger partial charge in [0.05, 0.1) is 16.5 Å². The molecule has 1 amide bonds. The maximum Gasteiger partial charge on any atom is 0.241 e. The molecule has 0 saturated heterocycles. The molecule has 6 nitrogen and oxygen atoms in total. The summed E-state index contributed by atoms with van der Waals surface area (Å²) in [5.41, 5.74) is 1.31. The molecular weight excluding hydrogens is 446 g/mol. The number of carbonyl (C=O) groups excluding carboxylic acids is 1. The predicted molar refractivity (Wildman–Crippen MR) is 133 cm³/mol. The fraction of sp³-hybridized carbons (Fsp3) is 0.333. The molecule has 4 rings (SSSR count). The molecule has 1 saturated carbocycles. The van der Waals surface area contributed by atoms with Crippen molar-refractivity contribution in [3.05, 3.63) is 77.9 Å². The summed E-state index contributed by atoms with van der Waals surface area (Å²) in [7, 11) is -3.94. The summed E-state index contributed by atoms with van der Waals surface area (Å²) in [6, 6.07) is 20.7. The van der Waals surface area contributed by atoms with E-state index in [0.717, 1.165) is 42.0 Å². The van der Waals surface area contributed by atoms with Crippen LogP contribution < -0.4 is 4.72 Å². The number of hydrogen-bond acceptors (Lipinski definition) is 4. The molecule has 0 aliphatic heterocycles. The van der Waals surface area contributed by atoms with E-state index in [2.05, 4.69) is 10.8 Å². The van der Waals surface area contributed by atoms with E-state index in [1.807, 2.05) is 36.1 Å². The third-order valence-corrected chi connectivity index (χ3v) is 8.01.